The van der Waals surface area contributed by atoms with E-state index in [0.29, 0.717) is 5.69 Å². The van der Waals surface area contributed by atoms with Gasteiger partial charge in [-0.25, -0.2) is 0 Å². The van der Waals surface area contributed by atoms with Gasteiger partial charge in [-0.15, -0.1) is 0 Å². The summed E-state index contributed by atoms with van der Waals surface area (Å²) in [5.41, 5.74) is 6.20. The minimum absolute atomic E-state index is 0.166. The van der Waals surface area contributed by atoms with Crippen LogP contribution in [0, 0.1) is 5.41 Å². The van der Waals surface area contributed by atoms with Gasteiger partial charge in [0.05, 0.1) is 6.04 Å². The number of pyridine rings is 1. The van der Waals surface area contributed by atoms with E-state index in [4.69, 9.17) is 5.73 Å². The summed E-state index contributed by atoms with van der Waals surface area (Å²) in [6, 6.07) is 2.81. The van der Waals surface area contributed by atoms with E-state index in [1.807, 2.05) is 20.8 Å². The molecule has 20 heavy (non-hydrogen) atoms. The van der Waals surface area contributed by atoms with Crippen molar-refractivity contribution < 1.29 is 9.59 Å². The Kier molecular flexibility index (Phi) is 5.64. The van der Waals surface area contributed by atoms with Crippen molar-refractivity contribution in [3.05, 3.63) is 24.5 Å². The molecule has 4 N–H and O–H groups in total. The summed E-state index contributed by atoms with van der Waals surface area (Å²) in [7, 11) is 0. The van der Waals surface area contributed by atoms with Crippen molar-refractivity contribution in [3.63, 3.8) is 0 Å². The monoisotopic (exact) mass is 278 g/mol. The van der Waals surface area contributed by atoms with Gasteiger partial charge in [-0.3, -0.25) is 14.6 Å². The zero-order chi connectivity index (χ0) is 15.2. The molecule has 1 heterocycles. The van der Waals surface area contributed by atoms with Gasteiger partial charge in [-0.1, -0.05) is 20.8 Å². The van der Waals surface area contributed by atoms with E-state index in [2.05, 4.69) is 15.6 Å². The zero-order valence-electron chi connectivity index (χ0n) is 12.1. The Bertz CT molecular complexity index is 454. The van der Waals surface area contributed by atoms with E-state index < -0.39 is 6.04 Å². The summed E-state index contributed by atoms with van der Waals surface area (Å²) in [5, 5.41) is 5.38. The molecule has 6 heteroatoms. The van der Waals surface area contributed by atoms with Gasteiger partial charge in [0.15, 0.2) is 0 Å². The number of carbonyl (C=O) groups is 2. The van der Waals surface area contributed by atoms with Crippen LogP contribution < -0.4 is 16.4 Å². The van der Waals surface area contributed by atoms with E-state index in [-0.39, 0.29) is 30.2 Å². The Morgan fingerprint density at radius 2 is 1.90 bits per heavy atom. The molecule has 0 unspecified atom stereocenters. The predicted molar refractivity (Wildman–Crippen MR) is 77.9 cm³/mol. The molecule has 0 aliphatic heterocycles. The number of carbonyl (C=O) groups excluding carboxylic acids is 2. The van der Waals surface area contributed by atoms with Crippen LogP contribution in [0.25, 0.3) is 0 Å². The van der Waals surface area contributed by atoms with Gasteiger partial charge in [-0.2, -0.15) is 0 Å². The van der Waals surface area contributed by atoms with Gasteiger partial charge in [0.1, 0.15) is 0 Å². The van der Waals surface area contributed by atoms with Gasteiger partial charge in [0.25, 0.3) is 0 Å². The van der Waals surface area contributed by atoms with Gasteiger partial charge in [0, 0.05) is 31.0 Å². The first-order valence-corrected chi connectivity index (χ1v) is 6.54. The van der Waals surface area contributed by atoms with Crippen LogP contribution in [0.5, 0.6) is 0 Å². The first-order chi connectivity index (χ1) is 9.30. The molecule has 1 aromatic heterocycles. The van der Waals surface area contributed by atoms with Crippen LogP contribution >= 0.6 is 0 Å². The molecule has 0 radical (unpaired) electrons. The highest BCUT2D eigenvalue weighted by Crippen LogP contribution is 2.17. The van der Waals surface area contributed by atoms with Crippen molar-refractivity contribution in [1.82, 2.24) is 10.3 Å². The van der Waals surface area contributed by atoms with E-state index >= 15 is 0 Å². The summed E-state index contributed by atoms with van der Waals surface area (Å²) in [4.78, 5) is 27.3. The summed E-state index contributed by atoms with van der Waals surface area (Å²) in [6.45, 7) is 5.95. The number of amides is 2. The number of hydrogen-bond acceptors (Lipinski definition) is 4. The maximum absolute atomic E-state index is 11.8. The third-order valence-electron chi connectivity index (χ3n) is 2.83. The van der Waals surface area contributed by atoms with Crippen LogP contribution in [0.15, 0.2) is 24.5 Å². The first-order valence-electron chi connectivity index (χ1n) is 6.54. The second-order valence-electron chi connectivity index (χ2n) is 5.67. The van der Waals surface area contributed by atoms with Crippen molar-refractivity contribution in [3.8, 4) is 0 Å². The molecule has 0 aliphatic carbocycles. The van der Waals surface area contributed by atoms with Gasteiger partial charge < -0.3 is 16.4 Å². The minimum Gasteiger partial charge on any atom is -0.354 e. The van der Waals surface area contributed by atoms with Crippen molar-refractivity contribution in [2.75, 3.05) is 11.9 Å². The maximum atomic E-state index is 11.8. The van der Waals surface area contributed by atoms with E-state index in [0.717, 1.165) is 0 Å². The summed E-state index contributed by atoms with van der Waals surface area (Å²) >= 11 is 0. The highest BCUT2D eigenvalue weighted by atomic mass is 16.2. The number of hydrogen-bond donors (Lipinski definition) is 3. The topological polar surface area (TPSA) is 97.1 Å². The number of nitrogens with two attached hydrogens (primary N) is 1. The molecule has 0 saturated heterocycles. The molecule has 0 spiro atoms. The third-order valence-corrected chi connectivity index (χ3v) is 2.83. The van der Waals surface area contributed by atoms with Crippen LogP contribution in [0.2, 0.25) is 0 Å². The first kappa shape index (κ1) is 16.1. The molecule has 1 atom stereocenters. The number of anilines is 1. The maximum Gasteiger partial charge on any atom is 0.237 e. The lowest BCUT2D eigenvalue weighted by Gasteiger charge is -2.25. The highest BCUT2D eigenvalue weighted by molar-refractivity contribution is 5.91. The number of rotatable bonds is 5. The third kappa shape index (κ3) is 5.36. The summed E-state index contributed by atoms with van der Waals surface area (Å²) in [5.74, 6) is -0.407. The van der Waals surface area contributed by atoms with Gasteiger partial charge in [-0.05, 0) is 17.5 Å². The highest BCUT2D eigenvalue weighted by Gasteiger charge is 2.27. The van der Waals surface area contributed by atoms with E-state index in [1.54, 1.807) is 24.5 Å². The van der Waals surface area contributed by atoms with Gasteiger partial charge in [0.2, 0.25) is 11.8 Å². The lowest BCUT2D eigenvalue weighted by atomic mass is 9.87. The van der Waals surface area contributed by atoms with Crippen LogP contribution in [0.1, 0.15) is 27.2 Å². The second kappa shape index (κ2) is 7.00. The molecule has 1 rings (SSSR count). The SMILES string of the molecule is CC(C)(C)[C@H](N)C(=O)NCCC(=O)Nc1ccncc1. The van der Waals surface area contributed by atoms with Crippen molar-refractivity contribution in [1.29, 1.82) is 0 Å². The predicted octanol–water partition coefficient (Wildman–Crippen LogP) is 0.900. The van der Waals surface area contributed by atoms with Crippen molar-refractivity contribution >= 4 is 17.5 Å². The number of nitrogens with zero attached hydrogens (tertiary/aromatic N) is 1. The lowest BCUT2D eigenvalue weighted by Crippen LogP contribution is -2.49. The quantitative estimate of drug-likeness (QED) is 0.745. The Morgan fingerprint density at radius 3 is 2.45 bits per heavy atom. The molecule has 0 aromatic carbocycles. The van der Waals surface area contributed by atoms with E-state index in [1.165, 1.54) is 0 Å². The fourth-order valence-electron chi connectivity index (χ4n) is 1.46. The normalized spacial score (nSPS) is 12.6. The smallest absolute Gasteiger partial charge is 0.237 e. The molecule has 0 aliphatic rings. The molecule has 0 bridgehead atoms. The van der Waals surface area contributed by atoms with Crippen LogP contribution in [0.4, 0.5) is 5.69 Å². The minimum atomic E-state index is -0.592. The Hall–Kier alpha value is -1.95. The summed E-state index contributed by atoms with van der Waals surface area (Å²) < 4.78 is 0. The average Bonchev–Trinajstić information content (AvgIpc) is 2.37. The molecule has 6 nitrogen and oxygen atoms in total. The Balaban J connectivity index is 2.31. The number of aromatic nitrogens is 1. The molecular weight excluding hydrogens is 256 g/mol. The van der Waals surface area contributed by atoms with Crippen LogP contribution in [-0.4, -0.2) is 29.4 Å². The molecule has 1 aromatic rings. The molecule has 0 fully saturated rings. The Labute approximate surface area is 119 Å². The molecule has 0 saturated carbocycles. The van der Waals surface area contributed by atoms with Crippen LogP contribution in [-0.2, 0) is 9.59 Å². The standard InChI is InChI=1S/C14H22N4O2/c1-14(2,3)12(15)13(20)17-9-6-11(19)18-10-4-7-16-8-5-10/h4-5,7-8,12H,6,9,15H2,1-3H3,(H,17,20)(H,16,18,19)/t12-/m1/s1. The Morgan fingerprint density at radius 1 is 1.30 bits per heavy atom. The summed E-state index contributed by atoms with van der Waals surface area (Å²) in [6.07, 6.45) is 3.39. The van der Waals surface area contributed by atoms with Gasteiger partial charge >= 0.3 is 0 Å². The molecule has 2 amide bonds. The fraction of sp³-hybridized carbons (Fsp3) is 0.500. The lowest BCUT2D eigenvalue weighted by molar-refractivity contribution is -0.124. The number of nitrogens with one attached hydrogen (secondary N) is 2. The molecule has 110 valence electrons. The van der Waals surface area contributed by atoms with Crippen LogP contribution in [0.3, 0.4) is 0 Å². The second-order valence-corrected chi connectivity index (χ2v) is 5.67. The van der Waals surface area contributed by atoms with Crippen molar-refractivity contribution in [2.24, 2.45) is 11.1 Å². The fourth-order valence-corrected chi connectivity index (χ4v) is 1.46. The van der Waals surface area contributed by atoms with Crippen molar-refractivity contribution in [2.45, 2.75) is 33.2 Å². The zero-order valence-corrected chi connectivity index (χ0v) is 12.1. The molecular formula is C14H22N4O2. The average molecular weight is 278 g/mol. The van der Waals surface area contributed by atoms with E-state index in [9.17, 15) is 9.59 Å². The largest absolute Gasteiger partial charge is 0.354 e.